The zero-order chi connectivity index (χ0) is 19.2. The number of rotatable bonds is 5. The van der Waals surface area contributed by atoms with E-state index in [0.717, 1.165) is 35.7 Å². The number of morpholine rings is 1. The summed E-state index contributed by atoms with van der Waals surface area (Å²) in [5, 5.41) is 2.87. The van der Waals surface area contributed by atoms with Gasteiger partial charge in [-0.05, 0) is 36.8 Å². The third-order valence-corrected chi connectivity index (χ3v) is 4.51. The van der Waals surface area contributed by atoms with E-state index in [1.54, 1.807) is 0 Å². The molecule has 1 saturated heterocycles. The van der Waals surface area contributed by atoms with Crippen LogP contribution >= 0.6 is 0 Å². The molecule has 0 spiro atoms. The molecule has 142 valence electrons. The van der Waals surface area contributed by atoms with Crippen LogP contribution in [-0.4, -0.2) is 44.7 Å². The first-order chi connectivity index (χ1) is 13.0. The second kappa shape index (κ2) is 8.68. The van der Waals surface area contributed by atoms with Crippen LogP contribution in [-0.2, 0) is 14.3 Å². The van der Waals surface area contributed by atoms with Gasteiger partial charge in [0.15, 0.2) is 0 Å². The van der Waals surface area contributed by atoms with Gasteiger partial charge in [-0.15, -0.1) is 0 Å². The number of nitrogens with one attached hydrogen (secondary N) is 1. The van der Waals surface area contributed by atoms with Crippen LogP contribution < -0.4 is 15.1 Å². The Labute approximate surface area is 159 Å². The highest BCUT2D eigenvalue weighted by Gasteiger charge is 2.22. The van der Waals surface area contributed by atoms with Gasteiger partial charge < -0.3 is 19.9 Å². The minimum absolute atomic E-state index is 0.0371. The molecule has 0 atom stereocenters. The fourth-order valence-corrected chi connectivity index (χ4v) is 3.20. The van der Waals surface area contributed by atoms with E-state index in [1.807, 2.05) is 55.5 Å². The maximum Gasteiger partial charge on any atom is 0.244 e. The van der Waals surface area contributed by atoms with Crippen molar-refractivity contribution in [1.29, 1.82) is 0 Å². The Morgan fingerprint density at radius 3 is 2.56 bits per heavy atom. The second-order valence-electron chi connectivity index (χ2n) is 6.61. The number of benzene rings is 2. The van der Waals surface area contributed by atoms with Crippen LogP contribution in [0.1, 0.15) is 12.5 Å². The Bertz CT molecular complexity index is 816. The Morgan fingerprint density at radius 1 is 1.11 bits per heavy atom. The number of aryl methyl sites for hydroxylation is 1. The number of ether oxygens (including phenoxy) is 1. The van der Waals surface area contributed by atoms with Crippen LogP contribution in [0.15, 0.2) is 48.5 Å². The average Bonchev–Trinajstić information content (AvgIpc) is 2.67. The molecular formula is C21H25N3O3. The van der Waals surface area contributed by atoms with Crippen molar-refractivity contribution in [2.24, 2.45) is 0 Å². The van der Waals surface area contributed by atoms with E-state index in [1.165, 1.54) is 11.8 Å². The number of hydrogen-bond acceptors (Lipinski definition) is 4. The number of anilines is 3. The zero-order valence-corrected chi connectivity index (χ0v) is 15.8. The van der Waals surface area contributed by atoms with Crippen molar-refractivity contribution in [3.8, 4) is 0 Å². The molecule has 6 nitrogen and oxygen atoms in total. The zero-order valence-electron chi connectivity index (χ0n) is 15.8. The standard InChI is InChI=1S/C21H25N3O3/c1-16-6-5-7-18(14-16)22-21(26)15-24(17(2)25)20-9-4-3-8-19(20)23-10-12-27-13-11-23/h3-9,14H,10-13,15H2,1-2H3,(H,22,26). The molecule has 1 N–H and O–H groups in total. The molecule has 0 aromatic heterocycles. The minimum Gasteiger partial charge on any atom is -0.378 e. The summed E-state index contributed by atoms with van der Waals surface area (Å²) < 4.78 is 5.42. The maximum atomic E-state index is 12.6. The predicted molar refractivity (Wildman–Crippen MR) is 107 cm³/mol. The van der Waals surface area contributed by atoms with Gasteiger partial charge in [0.2, 0.25) is 11.8 Å². The molecule has 3 rings (SSSR count). The molecule has 0 saturated carbocycles. The minimum atomic E-state index is -0.229. The van der Waals surface area contributed by atoms with Gasteiger partial charge in [-0.2, -0.15) is 0 Å². The molecule has 0 bridgehead atoms. The molecule has 2 aromatic rings. The van der Waals surface area contributed by atoms with Gasteiger partial charge in [-0.3, -0.25) is 9.59 Å². The fourth-order valence-electron chi connectivity index (χ4n) is 3.20. The van der Waals surface area contributed by atoms with Crippen molar-refractivity contribution in [3.63, 3.8) is 0 Å². The number of carbonyl (C=O) groups is 2. The van der Waals surface area contributed by atoms with Gasteiger partial charge in [-0.1, -0.05) is 24.3 Å². The molecule has 2 aromatic carbocycles. The summed E-state index contributed by atoms with van der Waals surface area (Å²) in [4.78, 5) is 28.6. The first-order valence-corrected chi connectivity index (χ1v) is 9.11. The number of amides is 2. The van der Waals surface area contributed by atoms with Gasteiger partial charge in [0, 0.05) is 25.7 Å². The van der Waals surface area contributed by atoms with Crippen LogP contribution in [0, 0.1) is 6.92 Å². The van der Waals surface area contributed by atoms with Crippen molar-refractivity contribution in [3.05, 3.63) is 54.1 Å². The number of carbonyl (C=O) groups excluding carboxylic acids is 2. The maximum absolute atomic E-state index is 12.6. The summed E-state index contributed by atoms with van der Waals surface area (Å²) >= 11 is 0. The van der Waals surface area contributed by atoms with Crippen LogP contribution in [0.25, 0.3) is 0 Å². The molecule has 1 aliphatic rings. The fraction of sp³-hybridized carbons (Fsp3) is 0.333. The van der Waals surface area contributed by atoms with E-state index in [2.05, 4.69) is 10.2 Å². The monoisotopic (exact) mass is 367 g/mol. The van der Waals surface area contributed by atoms with E-state index in [4.69, 9.17) is 4.74 Å². The molecule has 0 aliphatic carbocycles. The number of nitrogens with zero attached hydrogens (tertiary/aromatic N) is 2. The normalized spacial score (nSPS) is 13.9. The molecule has 27 heavy (non-hydrogen) atoms. The quantitative estimate of drug-likeness (QED) is 0.883. The summed E-state index contributed by atoms with van der Waals surface area (Å²) in [6.07, 6.45) is 0. The summed E-state index contributed by atoms with van der Waals surface area (Å²) in [7, 11) is 0. The summed E-state index contributed by atoms with van der Waals surface area (Å²) in [6, 6.07) is 15.3. The molecule has 0 unspecified atom stereocenters. The van der Waals surface area contributed by atoms with Crippen molar-refractivity contribution in [2.45, 2.75) is 13.8 Å². The smallest absolute Gasteiger partial charge is 0.244 e. The predicted octanol–water partition coefficient (Wildman–Crippen LogP) is 2.82. The summed E-state index contributed by atoms with van der Waals surface area (Å²) in [5.41, 5.74) is 3.48. The van der Waals surface area contributed by atoms with Crippen molar-refractivity contribution in [2.75, 3.05) is 48.0 Å². The van der Waals surface area contributed by atoms with Gasteiger partial charge in [0.25, 0.3) is 0 Å². The lowest BCUT2D eigenvalue weighted by atomic mass is 10.2. The molecule has 1 fully saturated rings. The molecule has 2 amide bonds. The first-order valence-electron chi connectivity index (χ1n) is 9.11. The lowest BCUT2D eigenvalue weighted by Crippen LogP contribution is -2.40. The molecule has 1 aliphatic heterocycles. The van der Waals surface area contributed by atoms with Crippen molar-refractivity contribution >= 4 is 28.9 Å². The highest BCUT2D eigenvalue weighted by Crippen LogP contribution is 2.30. The molecule has 1 heterocycles. The van der Waals surface area contributed by atoms with Crippen LogP contribution in [0.2, 0.25) is 0 Å². The Hall–Kier alpha value is -2.86. The van der Waals surface area contributed by atoms with Gasteiger partial charge in [0.05, 0.1) is 24.6 Å². The van der Waals surface area contributed by atoms with Crippen LogP contribution in [0.5, 0.6) is 0 Å². The summed E-state index contributed by atoms with van der Waals surface area (Å²) in [6.45, 7) is 6.25. The topological polar surface area (TPSA) is 61.9 Å². The average molecular weight is 367 g/mol. The van der Waals surface area contributed by atoms with Crippen molar-refractivity contribution < 1.29 is 14.3 Å². The van der Waals surface area contributed by atoms with E-state index >= 15 is 0 Å². The third-order valence-electron chi connectivity index (χ3n) is 4.51. The number of para-hydroxylation sites is 2. The Balaban J connectivity index is 1.79. The van der Waals surface area contributed by atoms with Gasteiger partial charge in [-0.25, -0.2) is 0 Å². The second-order valence-corrected chi connectivity index (χ2v) is 6.61. The first kappa shape index (κ1) is 18.9. The van der Waals surface area contributed by atoms with E-state index in [9.17, 15) is 9.59 Å². The van der Waals surface area contributed by atoms with Gasteiger partial charge >= 0.3 is 0 Å². The number of hydrogen-bond donors (Lipinski definition) is 1. The van der Waals surface area contributed by atoms with Crippen molar-refractivity contribution in [1.82, 2.24) is 0 Å². The van der Waals surface area contributed by atoms with E-state index < -0.39 is 0 Å². The highest BCUT2D eigenvalue weighted by atomic mass is 16.5. The van der Waals surface area contributed by atoms with Crippen LogP contribution in [0.4, 0.5) is 17.1 Å². The lowest BCUT2D eigenvalue weighted by Gasteiger charge is -2.33. The van der Waals surface area contributed by atoms with E-state index in [-0.39, 0.29) is 18.4 Å². The third kappa shape index (κ3) is 4.86. The highest BCUT2D eigenvalue weighted by molar-refractivity contribution is 6.03. The van der Waals surface area contributed by atoms with E-state index in [0.29, 0.717) is 13.2 Å². The largest absolute Gasteiger partial charge is 0.378 e. The molecule has 6 heteroatoms. The Kier molecular flexibility index (Phi) is 6.08. The van der Waals surface area contributed by atoms with Gasteiger partial charge in [0.1, 0.15) is 6.54 Å². The SMILES string of the molecule is CC(=O)N(CC(=O)Nc1cccc(C)c1)c1ccccc1N1CCOCC1. The lowest BCUT2D eigenvalue weighted by molar-refractivity contribution is -0.120. The summed E-state index contributed by atoms with van der Waals surface area (Å²) in [5.74, 6) is -0.400. The molecule has 0 radical (unpaired) electrons. The molecular weight excluding hydrogens is 342 g/mol. The van der Waals surface area contributed by atoms with Crippen LogP contribution in [0.3, 0.4) is 0 Å². The Morgan fingerprint density at radius 2 is 1.85 bits per heavy atom.